The first-order valence-electron chi connectivity index (χ1n) is 9.81. The largest absolute Gasteiger partial charge is 0.356 e. The van der Waals surface area contributed by atoms with Crippen LogP contribution in [-0.4, -0.2) is 78.1 Å². The predicted octanol–water partition coefficient (Wildman–Crippen LogP) is 0.883. The number of rotatable bonds is 5. The summed E-state index contributed by atoms with van der Waals surface area (Å²) in [5.41, 5.74) is 0.251. The molecule has 1 saturated carbocycles. The molecule has 10 heteroatoms. The zero-order valence-corrected chi connectivity index (χ0v) is 17.4. The zero-order valence-electron chi connectivity index (χ0n) is 15.7. The van der Waals surface area contributed by atoms with Gasteiger partial charge in [0, 0.05) is 55.8 Å². The van der Waals surface area contributed by atoms with Crippen LogP contribution in [-0.2, 0) is 14.8 Å². The second-order valence-electron chi connectivity index (χ2n) is 7.61. The molecule has 0 unspecified atom stereocenters. The molecule has 3 aliphatic rings. The number of thioether (sulfide) groups is 1. The molecule has 1 aromatic rings. The lowest BCUT2D eigenvalue weighted by molar-refractivity contribution is -0.133. The van der Waals surface area contributed by atoms with Gasteiger partial charge in [0.2, 0.25) is 15.9 Å². The van der Waals surface area contributed by atoms with Crippen molar-refractivity contribution in [3.8, 4) is 0 Å². The molecule has 3 heterocycles. The Morgan fingerprint density at radius 2 is 1.75 bits per heavy atom. The molecule has 0 radical (unpaired) electrons. The first-order chi connectivity index (χ1) is 13.4. The van der Waals surface area contributed by atoms with Gasteiger partial charge in [-0.2, -0.15) is 16.1 Å². The molecule has 0 bridgehead atoms. The van der Waals surface area contributed by atoms with Gasteiger partial charge in [0.15, 0.2) is 0 Å². The highest BCUT2D eigenvalue weighted by Crippen LogP contribution is 2.32. The van der Waals surface area contributed by atoms with Gasteiger partial charge in [0.25, 0.3) is 5.91 Å². The third kappa shape index (κ3) is 4.23. The van der Waals surface area contributed by atoms with Crippen LogP contribution in [0.3, 0.4) is 0 Å². The number of nitrogens with zero attached hydrogens (tertiary/aromatic N) is 2. The second-order valence-corrected chi connectivity index (χ2v) is 10.8. The van der Waals surface area contributed by atoms with Crippen LogP contribution in [0.25, 0.3) is 0 Å². The van der Waals surface area contributed by atoms with Crippen molar-refractivity contribution >= 4 is 33.6 Å². The van der Waals surface area contributed by atoms with Gasteiger partial charge < -0.3 is 15.2 Å². The van der Waals surface area contributed by atoms with Crippen LogP contribution in [0.4, 0.5) is 0 Å². The normalized spacial score (nSPS) is 22.2. The van der Waals surface area contributed by atoms with E-state index < -0.39 is 10.0 Å². The minimum Gasteiger partial charge on any atom is -0.356 e. The maximum Gasteiger partial charge on any atom is 0.267 e. The molecule has 2 aliphatic heterocycles. The van der Waals surface area contributed by atoms with Crippen molar-refractivity contribution in [2.45, 2.75) is 36.6 Å². The molecule has 1 aliphatic carbocycles. The molecular weight excluding hydrogens is 400 g/mol. The van der Waals surface area contributed by atoms with Crippen LogP contribution < -0.4 is 5.32 Å². The number of aromatic amines is 1. The number of hydrogen-bond donors (Lipinski definition) is 2. The second kappa shape index (κ2) is 8.08. The molecule has 2 saturated heterocycles. The number of nitrogens with one attached hydrogen (secondary N) is 2. The lowest BCUT2D eigenvalue weighted by Gasteiger charge is -2.32. The number of likely N-dealkylation sites (tertiary alicyclic amines) is 1. The number of H-pyrrole nitrogens is 1. The number of carbonyl (C=O) groups excluding carboxylic acids is 2. The van der Waals surface area contributed by atoms with E-state index in [-0.39, 0.29) is 34.4 Å². The van der Waals surface area contributed by atoms with Crippen LogP contribution in [0, 0.1) is 5.92 Å². The Kier molecular flexibility index (Phi) is 5.71. The molecule has 154 valence electrons. The maximum absolute atomic E-state index is 12.7. The first kappa shape index (κ1) is 19.8. The highest BCUT2D eigenvalue weighted by atomic mass is 32.2. The summed E-state index contributed by atoms with van der Waals surface area (Å²) in [5, 5.41) is 2.96. The highest BCUT2D eigenvalue weighted by Gasteiger charge is 2.35. The third-order valence-corrected chi connectivity index (χ3v) is 8.40. The summed E-state index contributed by atoms with van der Waals surface area (Å²) in [4.78, 5) is 29.5. The SMILES string of the molecule is O=C(NC1CCN(C(=O)C2CC2)CC1)c1cc(S(=O)(=O)N2CCSCC2)c[nH]1. The van der Waals surface area contributed by atoms with Crippen molar-refractivity contribution in [2.75, 3.05) is 37.7 Å². The van der Waals surface area contributed by atoms with Crippen LogP contribution in [0.1, 0.15) is 36.2 Å². The van der Waals surface area contributed by atoms with E-state index in [0.717, 1.165) is 37.2 Å². The Hall–Kier alpha value is -1.52. The van der Waals surface area contributed by atoms with Gasteiger partial charge in [-0.15, -0.1) is 0 Å². The molecule has 0 spiro atoms. The van der Waals surface area contributed by atoms with Crippen molar-refractivity contribution in [1.29, 1.82) is 0 Å². The summed E-state index contributed by atoms with van der Waals surface area (Å²) >= 11 is 1.74. The van der Waals surface area contributed by atoms with Gasteiger partial charge in [0.1, 0.15) is 10.6 Å². The van der Waals surface area contributed by atoms with Crippen LogP contribution in [0.2, 0.25) is 0 Å². The maximum atomic E-state index is 12.7. The van der Waals surface area contributed by atoms with E-state index in [2.05, 4.69) is 10.3 Å². The van der Waals surface area contributed by atoms with E-state index in [1.54, 1.807) is 11.8 Å². The molecule has 4 rings (SSSR count). The molecule has 3 fully saturated rings. The summed E-state index contributed by atoms with van der Waals surface area (Å²) in [5.74, 6) is 1.75. The number of sulfonamides is 1. The fourth-order valence-corrected chi connectivity index (χ4v) is 6.26. The van der Waals surface area contributed by atoms with E-state index in [0.29, 0.717) is 26.2 Å². The monoisotopic (exact) mass is 426 g/mol. The number of piperidine rings is 1. The summed E-state index contributed by atoms with van der Waals surface area (Å²) in [7, 11) is -3.56. The Balaban J connectivity index is 1.32. The number of aromatic nitrogens is 1. The van der Waals surface area contributed by atoms with Gasteiger partial charge >= 0.3 is 0 Å². The topological polar surface area (TPSA) is 103 Å². The number of amides is 2. The van der Waals surface area contributed by atoms with E-state index in [1.165, 1.54) is 16.6 Å². The molecule has 2 amide bonds. The standard InChI is InChI=1S/C18H26N4O4S2/c23-17(20-14-3-5-21(6-4-14)18(24)13-1-2-13)16-11-15(12-19-16)28(25,26)22-7-9-27-10-8-22/h11-14,19H,1-10H2,(H,20,23). The fraction of sp³-hybridized carbons (Fsp3) is 0.667. The molecule has 0 atom stereocenters. The minimum absolute atomic E-state index is 0.00164. The van der Waals surface area contributed by atoms with E-state index in [1.807, 2.05) is 4.90 Å². The number of hydrogen-bond acceptors (Lipinski definition) is 5. The van der Waals surface area contributed by atoms with Gasteiger partial charge in [-0.3, -0.25) is 9.59 Å². The molecule has 1 aromatic heterocycles. The molecule has 8 nitrogen and oxygen atoms in total. The van der Waals surface area contributed by atoms with E-state index in [4.69, 9.17) is 0 Å². The quantitative estimate of drug-likeness (QED) is 0.728. The lowest BCUT2D eigenvalue weighted by Crippen LogP contribution is -2.47. The van der Waals surface area contributed by atoms with Gasteiger partial charge in [0.05, 0.1) is 0 Å². The molecule has 2 N–H and O–H groups in total. The van der Waals surface area contributed by atoms with E-state index >= 15 is 0 Å². The first-order valence-corrected chi connectivity index (χ1v) is 12.4. The smallest absolute Gasteiger partial charge is 0.267 e. The fourth-order valence-electron chi connectivity index (χ4n) is 3.69. The Morgan fingerprint density at radius 1 is 1.07 bits per heavy atom. The average molecular weight is 427 g/mol. The summed E-state index contributed by atoms with van der Waals surface area (Å²) in [6, 6.07) is 1.41. The minimum atomic E-state index is -3.56. The van der Waals surface area contributed by atoms with Crippen LogP contribution in [0.5, 0.6) is 0 Å². The zero-order chi connectivity index (χ0) is 19.7. The lowest BCUT2D eigenvalue weighted by atomic mass is 10.0. The van der Waals surface area contributed by atoms with Crippen molar-refractivity contribution in [2.24, 2.45) is 5.92 Å². The van der Waals surface area contributed by atoms with Gasteiger partial charge in [-0.1, -0.05) is 0 Å². The number of carbonyl (C=O) groups is 2. The molecular formula is C18H26N4O4S2. The highest BCUT2D eigenvalue weighted by molar-refractivity contribution is 7.99. The summed E-state index contributed by atoms with van der Waals surface area (Å²) in [6.45, 7) is 2.32. The van der Waals surface area contributed by atoms with Crippen molar-refractivity contribution < 1.29 is 18.0 Å². The average Bonchev–Trinajstić information content (AvgIpc) is 3.44. The third-order valence-electron chi connectivity index (χ3n) is 5.58. The molecule has 28 heavy (non-hydrogen) atoms. The van der Waals surface area contributed by atoms with Crippen molar-refractivity contribution in [1.82, 2.24) is 19.5 Å². The Labute approximate surface area is 169 Å². The van der Waals surface area contributed by atoms with Crippen LogP contribution >= 0.6 is 11.8 Å². The van der Waals surface area contributed by atoms with E-state index in [9.17, 15) is 18.0 Å². The summed E-state index contributed by atoms with van der Waals surface area (Å²) in [6.07, 6.45) is 4.85. The molecule has 0 aromatic carbocycles. The van der Waals surface area contributed by atoms with Crippen molar-refractivity contribution in [3.05, 3.63) is 18.0 Å². The van der Waals surface area contributed by atoms with Crippen molar-refractivity contribution in [3.63, 3.8) is 0 Å². The Morgan fingerprint density at radius 3 is 2.39 bits per heavy atom. The van der Waals surface area contributed by atoms with Crippen LogP contribution in [0.15, 0.2) is 17.2 Å². The van der Waals surface area contributed by atoms with Gasteiger partial charge in [-0.05, 0) is 31.7 Å². The summed E-state index contributed by atoms with van der Waals surface area (Å²) < 4.78 is 26.9. The Bertz CT molecular complexity index is 836. The van der Waals surface area contributed by atoms with Gasteiger partial charge in [-0.25, -0.2) is 8.42 Å². The predicted molar refractivity (Wildman–Crippen MR) is 107 cm³/mol.